The second kappa shape index (κ2) is 5.47. The summed E-state index contributed by atoms with van der Waals surface area (Å²) in [5, 5.41) is 0. The van der Waals surface area contributed by atoms with Crippen molar-refractivity contribution in [3.05, 3.63) is 35.6 Å². The van der Waals surface area contributed by atoms with Gasteiger partial charge in [0.05, 0.1) is 18.1 Å². The Bertz CT molecular complexity index is 636. The van der Waals surface area contributed by atoms with Crippen LogP contribution in [0.1, 0.15) is 19.4 Å². The van der Waals surface area contributed by atoms with Crippen LogP contribution in [0.2, 0.25) is 0 Å². The summed E-state index contributed by atoms with van der Waals surface area (Å²) in [7, 11) is 0. The fraction of sp³-hybridized carbons (Fsp3) is 0.562. The van der Waals surface area contributed by atoms with E-state index in [1.807, 2.05) is 0 Å². The average Bonchev–Trinajstić information content (AvgIpc) is 2.92. The molecular weight excluding hydrogens is 314 g/mol. The van der Waals surface area contributed by atoms with Crippen LogP contribution in [0.5, 0.6) is 0 Å². The maximum Gasteiger partial charge on any atom is 0.301 e. The van der Waals surface area contributed by atoms with Crippen molar-refractivity contribution < 1.29 is 27.0 Å². The van der Waals surface area contributed by atoms with Gasteiger partial charge in [0.2, 0.25) is 0 Å². The molecule has 2 heterocycles. The van der Waals surface area contributed by atoms with Crippen molar-refractivity contribution in [3.8, 4) is 0 Å². The first kappa shape index (κ1) is 16.2. The van der Waals surface area contributed by atoms with E-state index in [0.29, 0.717) is 0 Å². The SMILES string of the molecule is CC1=N[C@](C)(c2ccccc2F)[C@H]2[C@H](C(F)(F)CF)OC[C@H]2O1. The maximum absolute atomic E-state index is 14.3. The van der Waals surface area contributed by atoms with Crippen LogP contribution in [0.4, 0.5) is 17.6 Å². The fourth-order valence-corrected chi connectivity index (χ4v) is 3.58. The molecule has 1 aromatic carbocycles. The van der Waals surface area contributed by atoms with E-state index in [-0.39, 0.29) is 18.1 Å². The Morgan fingerprint density at radius 1 is 1.35 bits per heavy atom. The maximum atomic E-state index is 14.3. The molecule has 2 aliphatic heterocycles. The van der Waals surface area contributed by atoms with Crippen molar-refractivity contribution in [1.29, 1.82) is 0 Å². The highest BCUT2D eigenvalue weighted by atomic mass is 19.3. The van der Waals surface area contributed by atoms with E-state index in [1.54, 1.807) is 19.9 Å². The predicted octanol–water partition coefficient (Wildman–Crippen LogP) is 3.48. The summed E-state index contributed by atoms with van der Waals surface area (Å²) >= 11 is 0. The molecule has 0 saturated carbocycles. The molecule has 7 heteroatoms. The molecule has 1 saturated heterocycles. The Kier molecular flexibility index (Phi) is 3.86. The molecule has 0 amide bonds. The summed E-state index contributed by atoms with van der Waals surface area (Å²) in [6.07, 6.45) is -2.45. The number of halogens is 4. The van der Waals surface area contributed by atoms with Gasteiger partial charge in [-0.05, 0) is 13.0 Å². The first-order valence-electron chi connectivity index (χ1n) is 7.33. The molecule has 0 radical (unpaired) electrons. The molecule has 126 valence electrons. The van der Waals surface area contributed by atoms with E-state index >= 15 is 0 Å². The molecule has 0 aliphatic carbocycles. The van der Waals surface area contributed by atoms with Crippen LogP contribution in [-0.2, 0) is 15.0 Å². The van der Waals surface area contributed by atoms with E-state index in [9.17, 15) is 17.6 Å². The number of nitrogens with zero attached hydrogens (tertiary/aromatic N) is 1. The monoisotopic (exact) mass is 331 g/mol. The first-order valence-corrected chi connectivity index (χ1v) is 7.33. The van der Waals surface area contributed by atoms with E-state index in [2.05, 4.69) is 4.99 Å². The summed E-state index contributed by atoms with van der Waals surface area (Å²) < 4.78 is 65.7. The first-order chi connectivity index (χ1) is 10.8. The minimum Gasteiger partial charge on any atom is -0.475 e. The van der Waals surface area contributed by atoms with Gasteiger partial charge in [0.15, 0.2) is 12.6 Å². The van der Waals surface area contributed by atoms with E-state index in [1.165, 1.54) is 18.2 Å². The van der Waals surface area contributed by atoms with Crippen LogP contribution in [0, 0.1) is 11.7 Å². The largest absolute Gasteiger partial charge is 0.475 e. The van der Waals surface area contributed by atoms with E-state index in [0.717, 1.165) is 0 Å². The minimum absolute atomic E-state index is 0.109. The van der Waals surface area contributed by atoms with Crippen LogP contribution in [0.15, 0.2) is 29.3 Å². The number of aliphatic imine (C=N–C) groups is 1. The van der Waals surface area contributed by atoms with Gasteiger partial charge in [-0.1, -0.05) is 18.2 Å². The highest BCUT2D eigenvalue weighted by molar-refractivity contribution is 5.75. The van der Waals surface area contributed by atoms with Gasteiger partial charge < -0.3 is 9.47 Å². The van der Waals surface area contributed by atoms with Gasteiger partial charge in [0, 0.05) is 12.5 Å². The number of ether oxygens (including phenoxy) is 2. The van der Waals surface area contributed by atoms with Crippen molar-refractivity contribution in [2.75, 3.05) is 13.3 Å². The van der Waals surface area contributed by atoms with Gasteiger partial charge in [-0.25, -0.2) is 22.6 Å². The topological polar surface area (TPSA) is 30.8 Å². The average molecular weight is 331 g/mol. The van der Waals surface area contributed by atoms with Crippen LogP contribution in [-0.4, -0.2) is 37.3 Å². The molecule has 2 aliphatic rings. The van der Waals surface area contributed by atoms with Gasteiger partial charge >= 0.3 is 5.92 Å². The molecule has 4 atom stereocenters. The second-order valence-electron chi connectivity index (χ2n) is 6.09. The third-order valence-electron chi connectivity index (χ3n) is 4.54. The summed E-state index contributed by atoms with van der Waals surface area (Å²) in [6.45, 7) is 1.18. The molecule has 3 nitrogen and oxygen atoms in total. The molecule has 0 unspecified atom stereocenters. The Balaban J connectivity index is 2.13. The summed E-state index contributed by atoms with van der Waals surface area (Å²) in [5.41, 5.74) is -1.15. The lowest BCUT2D eigenvalue weighted by molar-refractivity contribution is -0.148. The van der Waals surface area contributed by atoms with Gasteiger partial charge in [-0.15, -0.1) is 0 Å². The summed E-state index contributed by atoms with van der Waals surface area (Å²) in [5.74, 6) is -4.96. The zero-order chi connectivity index (χ0) is 16.8. The van der Waals surface area contributed by atoms with Gasteiger partial charge in [0.1, 0.15) is 18.0 Å². The van der Waals surface area contributed by atoms with Crippen LogP contribution in [0.25, 0.3) is 0 Å². The van der Waals surface area contributed by atoms with Crippen LogP contribution in [0.3, 0.4) is 0 Å². The third-order valence-corrected chi connectivity index (χ3v) is 4.54. The fourth-order valence-electron chi connectivity index (χ4n) is 3.58. The third kappa shape index (κ3) is 2.51. The van der Waals surface area contributed by atoms with Gasteiger partial charge in [-0.3, -0.25) is 0 Å². The Morgan fingerprint density at radius 2 is 2.04 bits per heavy atom. The molecule has 0 N–H and O–H groups in total. The molecule has 3 rings (SSSR count). The number of rotatable bonds is 3. The Labute approximate surface area is 131 Å². The highest BCUT2D eigenvalue weighted by Gasteiger charge is 2.61. The Hall–Kier alpha value is -1.63. The van der Waals surface area contributed by atoms with Crippen LogP contribution < -0.4 is 0 Å². The van der Waals surface area contributed by atoms with Gasteiger partial charge in [0.25, 0.3) is 0 Å². The predicted molar refractivity (Wildman–Crippen MR) is 75.9 cm³/mol. The van der Waals surface area contributed by atoms with Crippen molar-refractivity contribution in [1.82, 2.24) is 0 Å². The minimum atomic E-state index is -3.68. The van der Waals surface area contributed by atoms with E-state index in [4.69, 9.17) is 9.47 Å². The Morgan fingerprint density at radius 3 is 2.70 bits per heavy atom. The zero-order valence-electron chi connectivity index (χ0n) is 12.7. The number of hydrogen-bond donors (Lipinski definition) is 0. The van der Waals surface area contributed by atoms with Crippen molar-refractivity contribution in [2.45, 2.75) is 37.5 Å². The molecule has 1 aromatic rings. The van der Waals surface area contributed by atoms with Crippen molar-refractivity contribution in [3.63, 3.8) is 0 Å². The van der Waals surface area contributed by atoms with Crippen molar-refractivity contribution >= 4 is 5.90 Å². The quantitative estimate of drug-likeness (QED) is 0.794. The molecular formula is C16H17F4NO2. The van der Waals surface area contributed by atoms with Gasteiger partial charge in [-0.2, -0.15) is 0 Å². The number of benzene rings is 1. The summed E-state index contributed by atoms with van der Waals surface area (Å²) in [4.78, 5) is 4.30. The van der Waals surface area contributed by atoms with E-state index < -0.39 is 42.1 Å². The normalized spacial score (nSPS) is 33.8. The number of hydrogen-bond acceptors (Lipinski definition) is 3. The molecule has 0 aromatic heterocycles. The molecule has 0 spiro atoms. The zero-order valence-corrected chi connectivity index (χ0v) is 12.7. The molecule has 1 fully saturated rings. The smallest absolute Gasteiger partial charge is 0.301 e. The summed E-state index contributed by atoms with van der Waals surface area (Å²) in [6, 6.07) is 5.86. The lowest BCUT2D eigenvalue weighted by Gasteiger charge is -2.42. The number of fused-ring (bicyclic) bond motifs is 1. The molecule has 23 heavy (non-hydrogen) atoms. The molecule has 0 bridgehead atoms. The van der Waals surface area contributed by atoms with Crippen LogP contribution >= 0.6 is 0 Å². The lowest BCUT2D eigenvalue weighted by atomic mass is 9.73. The standard InChI is InChI=1S/C16H17F4NO2/c1-9-21-15(2,10-5-3-4-6-11(10)18)13-12(23-9)7-22-14(13)16(19,20)8-17/h3-6,12-14H,7-8H2,1-2H3/t12-,13-,14-,15-/m1/s1. The van der Waals surface area contributed by atoms with Crippen molar-refractivity contribution in [2.24, 2.45) is 10.9 Å². The lowest BCUT2D eigenvalue weighted by Crippen LogP contribution is -2.52. The number of alkyl halides is 3. The second-order valence-corrected chi connectivity index (χ2v) is 6.09. The highest BCUT2D eigenvalue weighted by Crippen LogP contribution is 2.49.